The van der Waals surface area contributed by atoms with Crippen molar-refractivity contribution >= 4 is 24.0 Å². The number of hydrazone groups is 1. The minimum atomic E-state index is -0.519. The Morgan fingerprint density at radius 3 is 2.23 bits per heavy atom. The number of hydrogen-bond acceptors (Lipinski definition) is 6. The summed E-state index contributed by atoms with van der Waals surface area (Å²) in [4.78, 5) is 36.6. The van der Waals surface area contributed by atoms with Crippen LogP contribution in [0.2, 0.25) is 0 Å². The third kappa shape index (κ3) is 8.43. The number of rotatable bonds is 11. The van der Waals surface area contributed by atoms with Gasteiger partial charge in [-0.2, -0.15) is 5.10 Å². The van der Waals surface area contributed by atoms with Crippen LogP contribution in [0.25, 0.3) is 0 Å². The first-order valence-electron chi connectivity index (χ1n) is 11.2. The fourth-order valence-corrected chi connectivity index (χ4v) is 3.17. The fourth-order valence-electron chi connectivity index (χ4n) is 3.17. The first-order valence-corrected chi connectivity index (χ1v) is 11.2. The summed E-state index contributed by atoms with van der Waals surface area (Å²) in [6.07, 6.45) is 1.51. The van der Waals surface area contributed by atoms with E-state index in [-0.39, 0.29) is 24.8 Å². The van der Waals surface area contributed by atoms with Crippen LogP contribution in [-0.2, 0) is 14.3 Å². The summed E-state index contributed by atoms with van der Waals surface area (Å²) in [6.45, 7) is 1.86. The Balaban J connectivity index is 1.55. The van der Waals surface area contributed by atoms with Gasteiger partial charge in [-0.3, -0.25) is 9.59 Å². The van der Waals surface area contributed by atoms with Crippen LogP contribution in [-0.4, -0.2) is 37.2 Å². The van der Waals surface area contributed by atoms with Crippen molar-refractivity contribution in [2.24, 2.45) is 5.10 Å². The zero-order valence-electron chi connectivity index (χ0n) is 19.3. The summed E-state index contributed by atoms with van der Waals surface area (Å²) < 4.78 is 10.2. The second-order valence-corrected chi connectivity index (χ2v) is 7.46. The van der Waals surface area contributed by atoms with Crippen molar-refractivity contribution in [2.75, 3.05) is 13.2 Å². The number of nitrogens with zero attached hydrogens (tertiary/aromatic N) is 1. The fraction of sp³-hybridized carbons (Fsp3) is 0.185. The van der Waals surface area contributed by atoms with E-state index in [0.717, 1.165) is 11.1 Å². The van der Waals surface area contributed by atoms with Gasteiger partial charge in [0.2, 0.25) is 5.91 Å². The van der Waals surface area contributed by atoms with Crippen molar-refractivity contribution in [3.8, 4) is 5.75 Å². The minimum Gasteiger partial charge on any atom is -0.482 e. The first-order chi connectivity index (χ1) is 17.0. The molecule has 2 amide bonds. The second kappa shape index (κ2) is 13.3. The molecule has 35 heavy (non-hydrogen) atoms. The zero-order valence-corrected chi connectivity index (χ0v) is 19.3. The number of carbonyl (C=O) groups excluding carboxylic acids is 3. The molecule has 8 nitrogen and oxygen atoms in total. The molecule has 0 fully saturated rings. The van der Waals surface area contributed by atoms with Gasteiger partial charge in [-0.1, -0.05) is 48.5 Å². The van der Waals surface area contributed by atoms with E-state index < -0.39 is 12.0 Å². The van der Waals surface area contributed by atoms with Gasteiger partial charge in [0.1, 0.15) is 5.75 Å². The average Bonchev–Trinajstić information content (AvgIpc) is 2.89. The summed E-state index contributed by atoms with van der Waals surface area (Å²) >= 11 is 0. The monoisotopic (exact) mass is 473 g/mol. The molecule has 0 aromatic heterocycles. The Morgan fingerprint density at radius 1 is 0.914 bits per heavy atom. The van der Waals surface area contributed by atoms with Crippen LogP contribution in [0.1, 0.15) is 40.9 Å². The van der Waals surface area contributed by atoms with Crippen molar-refractivity contribution < 1.29 is 23.9 Å². The van der Waals surface area contributed by atoms with E-state index in [1.807, 2.05) is 36.4 Å². The standard InChI is InChI=1S/C27H27N3O5/c1-2-34-26(32)19-35-23-15-13-20(14-16-23)18-28-30-25(31)17-24(21-9-5-3-6-10-21)29-27(33)22-11-7-4-8-12-22/h3-16,18,24H,2,17,19H2,1H3,(H,29,33)(H,30,31)/b28-18-/t24-/m1/s1. The molecule has 0 saturated carbocycles. The molecule has 0 spiro atoms. The van der Waals surface area contributed by atoms with Gasteiger partial charge in [-0.15, -0.1) is 0 Å². The quantitative estimate of drug-likeness (QED) is 0.251. The lowest BCUT2D eigenvalue weighted by molar-refractivity contribution is -0.145. The molecule has 0 bridgehead atoms. The van der Waals surface area contributed by atoms with Crippen LogP contribution in [0, 0.1) is 0 Å². The zero-order chi connectivity index (χ0) is 24.9. The Morgan fingerprint density at radius 2 is 1.57 bits per heavy atom. The van der Waals surface area contributed by atoms with Crippen LogP contribution >= 0.6 is 0 Å². The third-order valence-electron chi connectivity index (χ3n) is 4.88. The molecule has 0 aliphatic heterocycles. The van der Waals surface area contributed by atoms with Gasteiger partial charge in [0.15, 0.2) is 6.61 Å². The predicted octanol–water partition coefficient (Wildman–Crippen LogP) is 3.64. The molecule has 3 rings (SSSR count). The van der Waals surface area contributed by atoms with E-state index in [1.54, 1.807) is 55.5 Å². The van der Waals surface area contributed by atoms with Crippen molar-refractivity contribution in [3.05, 3.63) is 102 Å². The molecule has 0 aliphatic rings. The maximum absolute atomic E-state index is 12.6. The van der Waals surface area contributed by atoms with Crippen molar-refractivity contribution in [1.82, 2.24) is 10.7 Å². The van der Waals surface area contributed by atoms with Crippen molar-refractivity contribution in [1.29, 1.82) is 0 Å². The van der Waals surface area contributed by atoms with Gasteiger partial charge in [0, 0.05) is 5.56 Å². The highest BCUT2D eigenvalue weighted by molar-refractivity contribution is 5.94. The Bertz CT molecular complexity index is 1130. The highest BCUT2D eigenvalue weighted by Crippen LogP contribution is 2.17. The molecule has 3 aromatic carbocycles. The molecule has 3 aromatic rings. The van der Waals surface area contributed by atoms with Gasteiger partial charge in [-0.05, 0) is 54.4 Å². The molecule has 0 heterocycles. The normalized spacial score (nSPS) is 11.5. The molecule has 180 valence electrons. The Kier molecular flexibility index (Phi) is 9.56. The van der Waals surface area contributed by atoms with Gasteiger partial charge < -0.3 is 14.8 Å². The highest BCUT2D eigenvalue weighted by atomic mass is 16.6. The van der Waals surface area contributed by atoms with Crippen molar-refractivity contribution in [2.45, 2.75) is 19.4 Å². The van der Waals surface area contributed by atoms with Crippen LogP contribution in [0.15, 0.2) is 90.0 Å². The molecule has 1 atom stereocenters. The minimum absolute atomic E-state index is 0.0144. The molecule has 2 N–H and O–H groups in total. The third-order valence-corrected chi connectivity index (χ3v) is 4.88. The maximum Gasteiger partial charge on any atom is 0.344 e. The molecule has 0 radical (unpaired) electrons. The van der Waals surface area contributed by atoms with Gasteiger partial charge >= 0.3 is 5.97 Å². The number of carbonyl (C=O) groups is 3. The summed E-state index contributed by atoms with van der Waals surface area (Å²) in [5, 5.41) is 6.93. The predicted molar refractivity (Wildman–Crippen MR) is 132 cm³/mol. The van der Waals surface area contributed by atoms with E-state index in [1.165, 1.54) is 6.21 Å². The number of hydrogen-bond donors (Lipinski definition) is 2. The summed E-state index contributed by atoms with van der Waals surface area (Å²) in [7, 11) is 0. The SMILES string of the molecule is CCOC(=O)COc1ccc(/C=N\NC(=O)C[C@@H](NC(=O)c2ccccc2)c2ccccc2)cc1. The number of ether oxygens (including phenoxy) is 2. The van der Waals surface area contributed by atoms with Gasteiger partial charge in [0.05, 0.1) is 25.3 Å². The Hall–Kier alpha value is -4.46. The highest BCUT2D eigenvalue weighted by Gasteiger charge is 2.19. The number of esters is 1. The van der Waals surface area contributed by atoms with Crippen LogP contribution < -0.4 is 15.5 Å². The largest absolute Gasteiger partial charge is 0.482 e. The van der Waals surface area contributed by atoms with Crippen LogP contribution in [0.3, 0.4) is 0 Å². The van der Waals surface area contributed by atoms with Crippen molar-refractivity contribution in [3.63, 3.8) is 0 Å². The number of benzene rings is 3. The topological polar surface area (TPSA) is 106 Å². The smallest absolute Gasteiger partial charge is 0.344 e. The summed E-state index contributed by atoms with van der Waals surface area (Å²) in [6, 6.07) is 24.5. The molecule has 0 aliphatic carbocycles. The summed E-state index contributed by atoms with van der Waals surface area (Å²) in [5.74, 6) is -0.535. The summed E-state index contributed by atoms with van der Waals surface area (Å²) in [5.41, 5.74) is 4.56. The molecular weight excluding hydrogens is 446 g/mol. The van der Waals surface area contributed by atoms with Gasteiger partial charge in [-0.25, -0.2) is 10.2 Å². The van der Waals surface area contributed by atoms with Gasteiger partial charge in [0.25, 0.3) is 5.91 Å². The van der Waals surface area contributed by atoms with E-state index in [0.29, 0.717) is 17.9 Å². The second-order valence-electron chi connectivity index (χ2n) is 7.46. The lowest BCUT2D eigenvalue weighted by atomic mass is 10.0. The lowest BCUT2D eigenvalue weighted by Gasteiger charge is -2.18. The van der Waals surface area contributed by atoms with Crippen LogP contribution in [0.5, 0.6) is 5.75 Å². The average molecular weight is 474 g/mol. The van der Waals surface area contributed by atoms with Crippen LogP contribution in [0.4, 0.5) is 0 Å². The number of nitrogens with one attached hydrogen (secondary N) is 2. The first kappa shape index (κ1) is 25.2. The lowest BCUT2D eigenvalue weighted by Crippen LogP contribution is -2.32. The van der Waals surface area contributed by atoms with E-state index >= 15 is 0 Å². The van der Waals surface area contributed by atoms with E-state index in [4.69, 9.17) is 9.47 Å². The Labute approximate surface area is 204 Å². The number of amides is 2. The van der Waals surface area contributed by atoms with E-state index in [9.17, 15) is 14.4 Å². The van der Waals surface area contributed by atoms with E-state index in [2.05, 4.69) is 15.8 Å². The molecule has 0 saturated heterocycles. The molecule has 0 unspecified atom stereocenters. The molecular formula is C27H27N3O5. The molecule has 8 heteroatoms. The maximum atomic E-state index is 12.6.